The van der Waals surface area contributed by atoms with Crippen LogP contribution < -0.4 is 0 Å². The van der Waals surface area contributed by atoms with E-state index in [2.05, 4.69) is 16.7 Å². The molecule has 0 unspecified atom stereocenters. The molecule has 0 aliphatic carbocycles. The fraction of sp³-hybridized carbons (Fsp3) is 0.350. The number of pyridine rings is 1. The molecule has 0 bridgehead atoms. The predicted octanol–water partition coefficient (Wildman–Crippen LogP) is 4.45. The van der Waals surface area contributed by atoms with E-state index in [1.54, 1.807) is 11.0 Å². The van der Waals surface area contributed by atoms with Crippen LogP contribution in [0.5, 0.6) is 0 Å². The number of nitrogens with zero attached hydrogens (tertiary/aromatic N) is 3. The van der Waals surface area contributed by atoms with Crippen LogP contribution in [0.2, 0.25) is 0 Å². The molecule has 0 aliphatic rings. The lowest BCUT2D eigenvalue weighted by Crippen LogP contribution is -2.32. The predicted molar refractivity (Wildman–Crippen MR) is 100 cm³/mol. The summed E-state index contributed by atoms with van der Waals surface area (Å²) < 4.78 is 11.0. The molecular formula is C20H23N3O3. The summed E-state index contributed by atoms with van der Waals surface area (Å²) in [5.41, 5.74) is 3.94. The van der Waals surface area contributed by atoms with Crippen molar-refractivity contribution in [2.24, 2.45) is 0 Å². The standard InChI is InChI=1S/C20H23N3O3/c1-7-23(10-11(2)3)20(24)16-9-17(15-8-12(4)25-14(15)6)21-19-18(16)13(5)22-26-19/h8-9H,2,7,10H2,1,3-6H3. The molecule has 0 N–H and O–H groups in total. The number of hydrogen-bond donors (Lipinski definition) is 0. The number of furan rings is 1. The number of likely N-dealkylation sites (N-methyl/N-ethyl adjacent to an activating group) is 1. The second-order valence-electron chi connectivity index (χ2n) is 6.61. The third-order valence-corrected chi connectivity index (χ3v) is 4.29. The van der Waals surface area contributed by atoms with Gasteiger partial charge in [-0.15, -0.1) is 0 Å². The molecule has 0 aliphatic heterocycles. The van der Waals surface area contributed by atoms with Gasteiger partial charge in [0.25, 0.3) is 11.6 Å². The summed E-state index contributed by atoms with van der Waals surface area (Å²) in [6, 6.07) is 3.71. The number of aryl methyl sites for hydroxylation is 3. The minimum atomic E-state index is -0.0895. The molecule has 0 radical (unpaired) electrons. The zero-order valence-electron chi connectivity index (χ0n) is 15.8. The lowest BCUT2D eigenvalue weighted by molar-refractivity contribution is 0.0780. The van der Waals surface area contributed by atoms with E-state index < -0.39 is 0 Å². The highest BCUT2D eigenvalue weighted by atomic mass is 16.5. The van der Waals surface area contributed by atoms with E-state index in [-0.39, 0.29) is 5.91 Å². The molecule has 3 aromatic heterocycles. The van der Waals surface area contributed by atoms with Crippen molar-refractivity contribution < 1.29 is 13.7 Å². The summed E-state index contributed by atoms with van der Waals surface area (Å²) in [4.78, 5) is 19.5. The highest BCUT2D eigenvalue weighted by molar-refractivity contribution is 6.07. The minimum Gasteiger partial charge on any atom is -0.466 e. The highest BCUT2D eigenvalue weighted by Crippen LogP contribution is 2.31. The molecule has 0 atom stereocenters. The number of carbonyl (C=O) groups excluding carboxylic acids is 1. The van der Waals surface area contributed by atoms with E-state index in [1.807, 2.05) is 40.7 Å². The molecular weight excluding hydrogens is 330 g/mol. The van der Waals surface area contributed by atoms with Gasteiger partial charge in [0.1, 0.15) is 11.5 Å². The summed E-state index contributed by atoms with van der Waals surface area (Å²) >= 11 is 0. The van der Waals surface area contributed by atoms with Gasteiger partial charge in [-0.05, 0) is 46.8 Å². The van der Waals surface area contributed by atoms with Gasteiger partial charge in [-0.1, -0.05) is 17.3 Å². The smallest absolute Gasteiger partial charge is 0.259 e. The number of aromatic nitrogens is 2. The van der Waals surface area contributed by atoms with Crippen molar-refractivity contribution in [1.82, 2.24) is 15.0 Å². The second kappa shape index (κ2) is 6.78. The van der Waals surface area contributed by atoms with Crippen LogP contribution in [-0.4, -0.2) is 34.0 Å². The lowest BCUT2D eigenvalue weighted by Gasteiger charge is -2.21. The Kier molecular flexibility index (Phi) is 4.68. The molecule has 26 heavy (non-hydrogen) atoms. The Morgan fingerprint density at radius 1 is 1.27 bits per heavy atom. The Hall–Kier alpha value is -2.89. The first-order valence-corrected chi connectivity index (χ1v) is 8.59. The lowest BCUT2D eigenvalue weighted by atomic mass is 10.0. The maximum Gasteiger partial charge on any atom is 0.259 e. The first kappa shape index (κ1) is 17.9. The van der Waals surface area contributed by atoms with Crippen molar-refractivity contribution >= 4 is 17.0 Å². The first-order valence-electron chi connectivity index (χ1n) is 8.59. The Balaban J connectivity index is 2.19. The van der Waals surface area contributed by atoms with Gasteiger partial charge in [0.05, 0.1) is 22.3 Å². The number of carbonyl (C=O) groups is 1. The van der Waals surface area contributed by atoms with E-state index in [9.17, 15) is 4.79 Å². The van der Waals surface area contributed by atoms with Crippen LogP contribution in [0, 0.1) is 20.8 Å². The van der Waals surface area contributed by atoms with E-state index in [1.165, 1.54) is 0 Å². The van der Waals surface area contributed by atoms with Crippen LogP contribution in [0.15, 0.2) is 33.2 Å². The van der Waals surface area contributed by atoms with Crippen molar-refractivity contribution in [2.45, 2.75) is 34.6 Å². The average molecular weight is 353 g/mol. The zero-order chi connectivity index (χ0) is 19.0. The van der Waals surface area contributed by atoms with Gasteiger partial charge in [0.15, 0.2) is 0 Å². The van der Waals surface area contributed by atoms with Crippen LogP contribution in [0.25, 0.3) is 22.4 Å². The molecule has 3 aromatic rings. The van der Waals surface area contributed by atoms with E-state index in [0.29, 0.717) is 41.1 Å². The van der Waals surface area contributed by atoms with E-state index in [0.717, 1.165) is 22.7 Å². The molecule has 6 nitrogen and oxygen atoms in total. The first-order chi connectivity index (χ1) is 12.3. The van der Waals surface area contributed by atoms with Gasteiger partial charge in [-0.3, -0.25) is 4.79 Å². The number of hydrogen-bond acceptors (Lipinski definition) is 5. The van der Waals surface area contributed by atoms with Gasteiger partial charge in [0.2, 0.25) is 0 Å². The maximum absolute atomic E-state index is 13.2. The van der Waals surface area contributed by atoms with Gasteiger partial charge >= 0.3 is 0 Å². The monoisotopic (exact) mass is 353 g/mol. The largest absolute Gasteiger partial charge is 0.466 e. The number of fused-ring (bicyclic) bond motifs is 1. The van der Waals surface area contributed by atoms with Crippen LogP contribution in [0.3, 0.4) is 0 Å². The Bertz CT molecular complexity index is 997. The summed E-state index contributed by atoms with van der Waals surface area (Å²) in [6.07, 6.45) is 0. The quantitative estimate of drug-likeness (QED) is 0.634. The molecule has 3 rings (SSSR count). The van der Waals surface area contributed by atoms with Crippen molar-refractivity contribution in [2.75, 3.05) is 13.1 Å². The molecule has 0 aromatic carbocycles. The Morgan fingerprint density at radius 3 is 2.58 bits per heavy atom. The molecule has 6 heteroatoms. The maximum atomic E-state index is 13.2. The second-order valence-corrected chi connectivity index (χ2v) is 6.61. The van der Waals surface area contributed by atoms with Gasteiger partial charge < -0.3 is 13.8 Å². The summed E-state index contributed by atoms with van der Waals surface area (Å²) in [5.74, 6) is 1.45. The summed E-state index contributed by atoms with van der Waals surface area (Å²) in [5, 5.41) is 4.65. The molecule has 0 saturated heterocycles. The third kappa shape index (κ3) is 3.14. The average Bonchev–Trinajstić information content (AvgIpc) is 3.13. The Morgan fingerprint density at radius 2 is 2.00 bits per heavy atom. The molecule has 136 valence electrons. The molecule has 0 saturated carbocycles. The molecule has 0 spiro atoms. The molecule has 0 fully saturated rings. The van der Waals surface area contributed by atoms with Gasteiger partial charge in [-0.2, -0.15) is 0 Å². The summed E-state index contributed by atoms with van der Waals surface area (Å²) in [6.45, 7) is 14.4. The van der Waals surface area contributed by atoms with E-state index >= 15 is 0 Å². The number of rotatable bonds is 5. The SMILES string of the molecule is C=C(C)CN(CC)C(=O)c1cc(-c2cc(C)oc2C)nc2onc(C)c12. The van der Waals surface area contributed by atoms with Gasteiger partial charge in [0, 0.05) is 18.7 Å². The molecule has 3 heterocycles. The van der Waals surface area contributed by atoms with E-state index in [4.69, 9.17) is 8.94 Å². The van der Waals surface area contributed by atoms with Crippen LogP contribution in [-0.2, 0) is 0 Å². The molecule has 1 amide bonds. The zero-order valence-corrected chi connectivity index (χ0v) is 15.8. The summed E-state index contributed by atoms with van der Waals surface area (Å²) in [7, 11) is 0. The fourth-order valence-electron chi connectivity index (χ4n) is 3.11. The van der Waals surface area contributed by atoms with Crippen LogP contribution in [0.1, 0.15) is 41.4 Å². The van der Waals surface area contributed by atoms with Crippen molar-refractivity contribution in [1.29, 1.82) is 0 Å². The van der Waals surface area contributed by atoms with Crippen molar-refractivity contribution in [3.8, 4) is 11.3 Å². The number of amides is 1. The Labute approximate surface area is 152 Å². The van der Waals surface area contributed by atoms with Crippen LogP contribution in [0.4, 0.5) is 0 Å². The van der Waals surface area contributed by atoms with Crippen LogP contribution >= 0.6 is 0 Å². The highest BCUT2D eigenvalue weighted by Gasteiger charge is 2.23. The third-order valence-electron chi connectivity index (χ3n) is 4.29. The topological polar surface area (TPSA) is 72.4 Å². The normalized spacial score (nSPS) is 11.1. The van der Waals surface area contributed by atoms with Crippen molar-refractivity contribution in [3.05, 3.63) is 47.1 Å². The van der Waals surface area contributed by atoms with Gasteiger partial charge in [-0.25, -0.2) is 4.98 Å². The minimum absolute atomic E-state index is 0.0895. The fourth-order valence-corrected chi connectivity index (χ4v) is 3.11. The van der Waals surface area contributed by atoms with Crippen molar-refractivity contribution in [3.63, 3.8) is 0 Å².